The van der Waals surface area contributed by atoms with Gasteiger partial charge in [-0.05, 0) is 12.1 Å². The van der Waals surface area contributed by atoms with Gasteiger partial charge in [-0.25, -0.2) is 14.6 Å². The van der Waals surface area contributed by atoms with Crippen molar-refractivity contribution in [3.8, 4) is 0 Å². The number of hydrogen-bond donors (Lipinski definition) is 3. The number of anilines is 1. The zero-order valence-corrected chi connectivity index (χ0v) is 10.5. The lowest BCUT2D eigenvalue weighted by Gasteiger charge is -2.07. The molecule has 2 aromatic rings. The smallest absolute Gasteiger partial charge is 0.356 e. The lowest BCUT2D eigenvalue weighted by atomic mass is 10.4. The fraction of sp³-hybridized carbons (Fsp3) is 0.167. The van der Waals surface area contributed by atoms with Crippen molar-refractivity contribution in [2.45, 2.75) is 6.54 Å². The highest BCUT2D eigenvalue weighted by molar-refractivity contribution is 5.88. The maximum absolute atomic E-state index is 11.5. The monoisotopic (exact) mass is 275 g/mol. The molecule has 2 aromatic heterocycles. The second-order valence-electron chi connectivity index (χ2n) is 3.92. The predicted octanol–water partition coefficient (Wildman–Crippen LogP) is 0.798. The van der Waals surface area contributed by atoms with E-state index in [0.29, 0.717) is 18.8 Å². The summed E-state index contributed by atoms with van der Waals surface area (Å²) in [5.41, 5.74) is 0.575. The normalized spacial score (nSPS) is 10.0. The molecular formula is C12H13N5O3. The van der Waals surface area contributed by atoms with E-state index in [1.54, 1.807) is 22.9 Å². The number of aromatic nitrogens is 3. The fourth-order valence-electron chi connectivity index (χ4n) is 1.50. The molecule has 3 N–H and O–H groups in total. The molecule has 104 valence electrons. The van der Waals surface area contributed by atoms with Crippen LogP contribution in [0.1, 0.15) is 10.5 Å². The van der Waals surface area contributed by atoms with Gasteiger partial charge in [-0.2, -0.15) is 0 Å². The SMILES string of the molecule is O=C(NCCn1cnc(C(=O)O)c1)Nc1cccnc1. The summed E-state index contributed by atoms with van der Waals surface area (Å²) in [7, 11) is 0. The van der Waals surface area contributed by atoms with Crippen LogP contribution < -0.4 is 10.6 Å². The standard InChI is InChI=1S/C12H13N5O3/c18-11(19)10-7-17(8-15-10)5-4-14-12(20)16-9-2-1-3-13-6-9/h1-3,6-8H,4-5H2,(H,18,19)(H2,14,16,20). The number of aromatic carboxylic acids is 1. The van der Waals surface area contributed by atoms with Crippen molar-refractivity contribution in [3.05, 3.63) is 42.7 Å². The number of carbonyl (C=O) groups is 2. The first-order valence-corrected chi connectivity index (χ1v) is 5.85. The van der Waals surface area contributed by atoms with Crippen molar-refractivity contribution in [2.24, 2.45) is 0 Å². The number of carboxylic acid groups (broad SMARTS) is 1. The molecular weight excluding hydrogens is 262 g/mol. The minimum Gasteiger partial charge on any atom is -0.476 e. The summed E-state index contributed by atoms with van der Waals surface area (Å²) in [5.74, 6) is -1.08. The highest BCUT2D eigenvalue weighted by Crippen LogP contribution is 2.01. The van der Waals surface area contributed by atoms with E-state index in [2.05, 4.69) is 20.6 Å². The number of amides is 2. The number of urea groups is 1. The summed E-state index contributed by atoms with van der Waals surface area (Å²) >= 11 is 0. The van der Waals surface area contributed by atoms with Gasteiger partial charge in [-0.3, -0.25) is 4.98 Å². The Morgan fingerprint density at radius 3 is 2.90 bits per heavy atom. The van der Waals surface area contributed by atoms with Crippen LogP contribution in [0, 0.1) is 0 Å². The predicted molar refractivity (Wildman–Crippen MR) is 70.4 cm³/mol. The number of carboxylic acids is 1. The van der Waals surface area contributed by atoms with Gasteiger partial charge >= 0.3 is 12.0 Å². The Hall–Kier alpha value is -2.90. The Labute approximate surface area is 114 Å². The van der Waals surface area contributed by atoms with E-state index in [-0.39, 0.29) is 11.7 Å². The summed E-state index contributed by atoms with van der Waals surface area (Å²) in [6.07, 6.45) is 5.96. The molecule has 0 atom stereocenters. The number of rotatable bonds is 5. The van der Waals surface area contributed by atoms with Gasteiger partial charge < -0.3 is 20.3 Å². The Bertz CT molecular complexity index is 596. The van der Waals surface area contributed by atoms with Crippen LogP contribution in [0.15, 0.2) is 37.1 Å². The summed E-state index contributed by atoms with van der Waals surface area (Å²) < 4.78 is 1.59. The lowest BCUT2D eigenvalue weighted by molar-refractivity contribution is 0.0691. The van der Waals surface area contributed by atoms with Crippen LogP contribution in [0.2, 0.25) is 0 Å². The second kappa shape index (κ2) is 6.32. The molecule has 2 rings (SSSR count). The van der Waals surface area contributed by atoms with Crippen LogP contribution in [0.4, 0.5) is 10.5 Å². The number of pyridine rings is 1. The van der Waals surface area contributed by atoms with Gasteiger partial charge in [0.1, 0.15) is 0 Å². The van der Waals surface area contributed by atoms with E-state index in [9.17, 15) is 9.59 Å². The zero-order chi connectivity index (χ0) is 14.4. The first-order chi connectivity index (χ1) is 9.65. The molecule has 0 aliphatic rings. The van der Waals surface area contributed by atoms with Crippen LogP contribution in [0.5, 0.6) is 0 Å². The van der Waals surface area contributed by atoms with Crippen molar-refractivity contribution in [1.82, 2.24) is 19.9 Å². The maximum Gasteiger partial charge on any atom is 0.356 e. The van der Waals surface area contributed by atoms with E-state index in [1.165, 1.54) is 18.7 Å². The van der Waals surface area contributed by atoms with Crippen molar-refractivity contribution in [2.75, 3.05) is 11.9 Å². The lowest BCUT2D eigenvalue weighted by Crippen LogP contribution is -2.31. The highest BCUT2D eigenvalue weighted by atomic mass is 16.4. The molecule has 0 aliphatic heterocycles. The summed E-state index contributed by atoms with van der Waals surface area (Å²) in [6.45, 7) is 0.780. The molecule has 0 spiro atoms. The third kappa shape index (κ3) is 3.80. The van der Waals surface area contributed by atoms with E-state index in [0.717, 1.165) is 0 Å². The molecule has 0 radical (unpaired) electrons. The summed E-state index contributed by atoms with van der Waals surface area (Å²) in [4.78, 5) is 29.8. The minimum absolute atomic E-state index is 0.0233. The average Bonchev–Trinajstić information content (AvgIpc) is 2.89. The van der Waals surface area contributed by atoms with Crippen LogP contribution in [0.3, 0.4) is 0 Å². The van der Waals surface area contributed by atoms with Crippen LogP contribution >= 0.6 is 0 Å². The third-order valence-corrected chi connectivity index (χ3v) is 2.43. The molecule has 2 amide bonds. The fourth-order valence-corrected chi connectivity index (χ4v) is 1.50. The second-order valence-corrected chi connectivity index (χ2v) is 3.92. The van der Waals surface area contributed by atoms with Crippen LogP contribution in [-0.2, 0) is 6.54 Å². The molecule has 8 nitrogen and oxygen atoms in total. The van der Waals surface area contributed by atoms with Crippen molar-refractivity contribution in [3.63, 3.8) is 0 Å². The number of hydrogen-bond acceptors (Lipinski definition) is 4. The van der Waals surface area contributed by atoms with Gasteiger partial charge in [0.2, 0.25) is 0 Å². The average molecular weight is 275 g/mol. The van der Waals surface area contributed by atoms with Gasteiger partial charge in [0.05, 0.1) is 18.2 Å². The Balaban J connectivity index is 1.75. The molecule has 0 aromatic carbocycles. The van der Waals surface area contributed by atoms with Crippen molar-refractivity contribution < 1.29 is 14.7 Å². The van der Waals surface area contributed by atoms with Gasteiger partial charge in [0.25, 0.3) is 0 Å². The molecule has 0 saturated heterocycles. The summed E-state index contributed by atoms with van der Waals surface area (Å²) in [5, 5.41) is 14.0. The topological polar surface area (TPSA) is 109 Å². The molecule has 20 heavy (non-hydrogen) atoms. The molecule has 2 heterocycles. The molecule has 0 aliphatic carbocycles. The summed E-state index contributed by atoms with van der Waals surface area (Å²) in [6, 6.07) is 3.09. The first kappa shape index (κ1) is 13.5. The molecule has 0 bridgehead atoms. The van der Waals surface area contributed by atoms with E-state index < -0.39 is 5.97 Å². The van der Waals surface area contributed by atoms with E-state index in [4.69, 9.17) is 5.11 Å². The maximum atomic E-state index is 11.5. The van der Waals surface area contributed by atoms with Crippen molar-refractivity contribution in [1.29, 1.82) is 0 Å². The molecule has 0 unspecified atom stereocenters. The van der Waals surface area contributed by atoms with Crippen molar-refractivity contribution >= 4 is 17.7 Å². The quantitative estimate of drug-likeness (QED) is 0.747. The zero-order valence-electron chi connectivity index (χ0n) is 10.5. The minimum atomic E-state index is -1.08. The van der Waals surface area contributed by atoms with Gasteiger partial charge in [-0.1, -0.05) is 0 Å². The Morgan fingerprint density at radius 1 is 1.40 bits per heavy atom. The number of nitrogens with one attached hydrogen (secondary N) is 2. The Morgan fingerprint density at radius 2 is 2.25 bits per heavy atom. The third-order valence-electron chi connectivity index (χ3n) is 2.43. The highest BCUT2D eigenvalue weighted by Gasteiger charge is 2.06. The Kier molecular flexibility index (Phi) is 4.28. The van der Waals surface area contributed by atoms with Gasteiger partial charge in [0, 0.05) is 25.5 Å². The van der Waals surface area contributed by atoms with Crippen LogP contribution in [-0.4, -0.2) is 38.2 Å². The van der Waals surface area contributed by atoms with E-state index in [1.807, 2.05) is 0 Å². The first-order valence-electron chi connectivity index (χ1n) is 5.85. The molecule has 8 heteroatoms. The largest absolute Gasteiger partial charge is 0.476 e. The molecule has 0 fully saturated rings. The van der Waals surface area contributed by atoms with Crippen LogP contribution in [0.25, 0.3) is 0 Å². The molecule has 0 saturated carbocycles. The van der Waals surface area contributed by atoms with Gasteiger partial charge in [0.15, 0.2) is 5.69 Å². The van der Waals surface area contributed by atoms with E-state index >= 15 is 0 Å². The number of imidazole rings is 1. The van der Waals surface area contributed by atoms with Gasteiger partial charge in [-0.15, -0.1) is 0 Å². The number of nitrogens with zero attached hydrogens (tertiary/aromatic N) is 3. The number of carbonyl (C=O) groups excluding carboxylic acids is 1.